The second kappa shape index (κ2) is 59.1. The molecule has 0 unspecified atom stereocenters. The Labute approximate surface area is 764 Å². The number of nitrogens with zero attached hydrogens (tertiary/aromatic N) is 20. The van der Waals surface area contributed by atoms with E-state index in [-0.39, 0.29) is 77.0 Å². The summed E-state index contributed by atoms with van der Waals surface area (Å²) in [5, 5.41) is 202. The van der Waals surface area contributed by atoms with Gasteiger partial charge in [-0.05, 0) is 84.0 Å². The van der Waals surface area contributed by atoms with Gasteiger partial charge in [0, 0.05) is 65.8 Å². The summed E-state index contributed by atoms with van der Waals surface area (Å²) in [7, 11) is 0. The van der Waals surface area contributed by atoms with E-state index in [1.165, 1.54) is 97.2 Å². The first-order chi connectivity index (χ1) is 62.7. The summed E-state index contributed by atoms with van der Waals surface area (Å²) < 4.78 is 6.48. The van der Waals surface area contributed by atoms with Gasteiger partial charge in [0.1, 0.15) is 91.2 Å². The Bertz CT molecular complexity index is 3810. The fourth-order valence-electron chi connectivity index (χ4n) is 18.1. The first-order valence-corrected chi connectivity index (χ1v) is 48.2. The van der Waals surface area contributed by atoms with E-state index in [4.69, 9.17) is 0 Å². The fraction of sp³-hybridized carbons (Fsp3) is 0.852. The lowest BCUT2D eigenvalue weighted by Crippen LogP contribution is -2.62. The molecule has 130 heavy (non-hydrogen) atoms. The number of aliphatic hydroxyl groups is 16. The van der Waals surface area contributed by atoms with Gasteiger partial charge in [-0.25, -0.2) is 0 Å². The molecular weight excluding hydrogens is 1690 g/mol. The number of piperidine rings is 4. The lowest BCUT2D eigenvalue weighted by Gasteiger charge is -2.43. The average molecular weight is 1850 g/mol. The van der Waals surface area contributed by atoms with Gasteiger partial charge >= 0.3 is 0 Å². The van der Waals surface area contributed by atoms with Crippen molar-refractivity contribution in [3.05, 3.63) is 47.6 Å². The molecule has 0 bridgehead atoms. The van der Waals surface area contributed by atoms with Gasteiger partial charge in [-0.2, -0.15) is 0 Å². The van der Waals surface area contributed by atoms with Crippen LogP contribution in [0.25, 0.3) is 0 Å². The molecule has 8 heterocycles. The molecule has 5 amide bonds. The maximum atomic E-state index is 15.7. The number of aliphatic hydroxyl groups excluding tert-OH is 16. The normalized spacial score (nSPS) is 24.2. The Morgan fingerprint density at radius 1 is 0.308 bits per heavy atom. The number of likely N-dealkylation sites (tertiary alicyclic amines) is 4. The van der Waals surface area contributed by atoms with Crippen LogP contribution in [-0.2, 0) is 76.3 Å². The number of nitrogens with one attached hydrogen (secondary N) is 1. The number of rotatable bonds is 65. The van der Waals surface area contributed by atoms with Gasteiger partial charge in [0.05, 0.1) is 133 Å². The van der Waals surface area contributed by atoms with Crippen molar-refractivity contribution in [3.8, 4) is 0 Å². The number of hydrogen-bond donors (Lipinski definition) is 17. The Morgan fingerprint density at radius 3 is 0.785 bits per heavy atom. The van der Waals surface area contributed by atoms with Crippen LogP contribution in [0.5, 0.6) is 0 Å². The van der Waals surface area contributed by atoms with E-state index < -0.39 is 166 Å². The molecule has 42 heteroatoms. The maximum Gasteiger partial charge on any atom is 0.243 e. The minimum atomic E-state index is -1.37. The highest BCUT2D eigenvalue weighted by Gasteiger charge is 2.45. The standard InChI is InChI=1S/C88H157N21O21/c1-3-4-5-6-7-8-9-10-11-12-13-14-15-16-17-26-35-89-77(119)56-103(45-66-49-107(95-91-66)41-32-23-19-28-37-99-53-74(116)86(128)82(124)70(99)61-111)79(121)58-105(47-68-51-109(97-93-68)43-34-25-21-30-39-101-55-76(118)88(130)84(126)72(101)63-113)80(122)59-104(46-67-50-108(96-92-67)42-33-24-20-29-38-100-54-75(117)87(129)83(125)71(100)62-112)78(120)57-102(64(2)114)44-65-48-106(94-90-65)40-31-22-18-27-36-98-52-73(115)85(127)81(123)69(98)60-110/h48-51,69-76,81-88,110-113,115-118,123-130H,3-47,52-63H2,1-2H3,(H,89,119)/t69-,70-,71-,72-,73+,74+,75+,76+,81-,82-,83-,84-,85-,86-,87-,88-/m1/s1. The summed E-state index contributed by atoms with van der Waals surface area (Å²) in [6, 6.07) is -2.88. The van der Waals surface area contributed by atoms with Gasteiger partial charge in [-0.15, -0.1) is 20.4 Å². The van der Waals surface area contributed by atoms with Crippen molar-refractivity contribution in [3.63, 3.8) is 0 Å². The first kappa shape index (κ1) is 108. The second-order valence-electron chi connectivity index (χ2n) is 36.5. The van der Waals surface area contributed by atoms with Crippen LogP contribution in [-0.4, -0.2) is 419 Å². The highest BCUT2D eigenvalue weighted by atomic mass is 16.4. The van der Waals surface area contributed by atoms with Crippen molar-refractivity contribution >= 4 is 29.5 Å². The van der Waals surface area contributed by atoms with Crippen LogP contribution in [0.4, 0.5) is 0 Å². The van der Waals surface area contributed by atoms with E-state index in [9.17, 15) is 91.3 Å². The van der Waals surface area contributed by atoms with Crippen LogP contribution in [0.2, 0.25) is 0 Å². The molecule has 0 aromatic carbocycles. The van der Waals surface area contributed by atoms with E-state index in [2.05, 4.69) is 53.5 Å². The highest BCUT2D eigenvalue weighted by molar-refractivity contribution is 5.91. The van der Waals surface area contributed by atoms with Crippen LogP contribution in [0, 0.1) is 0 Å². The summed E-state index contributed by atoms with van der Waals surface area (Å²) in [5.41, 5.74) is 1.26. The molecule has 17 N–H and O–H groups in total. The highest BCUT2D eigenvalue weighted by Crippen LogP contribution is 2.26. The van der Waals surface area contributed by atoms with Crippen LogP contribution < -0.4 is 5.32 Å². The Hall–Kier alpha value is -6.89. The monoisotopic (exact) mass is 1840 g/mol. The molecule has 16 atom stereocenters. The Kier molecular flexibility index (Phi) is 49.3. The molecule has 4 aliphatic heterocycles. The second-order valence-corrected chi connectivity index (χ2v) is 36.5. The lowest BCUT2D eigenvalue weighted by atomic mass is 9.94. The van der Waals surface area contributed by atoms with Crippen molar-refractivity contribution in [2.75, 3.05) is 112 Å². The molecule has 0 radical (unpaired) electrons. The van der Waals surface area contributed by atoms with E-state index in [1.807, 2.05) is 0 Å². The molecule has 8 rings (SSSR count). The topological polar surface area (TPSA) is 570 Å². The molecule has 0 saturated carbocycles. The fourth-order valence-corrected chi connectivity index (χ4v) is 18.1. The summed E-state index contributed by atoms with van der Waals surface area (Å²) in [6.07, 6.45) is 21.6. The van der Waals surface area contributed by atoms with Crippen molar-refractivity contribution < 1.29 is 106 Å². The minimum absolute atomic E-state index is 0.0910. The van der Waals surface area contributed by atoms with Crippen LogP contribution in [0.15, 0.2) is 24.8 Å². The van der Waals surface area contributed by atoms with Crippen molar-refractivity contribution in [1.82, 2.24) is 104 Å². The summed E-state index contributed by atoms with van der Waals surface area (Å²) >= 11 is 0. The van der Waals surface area contributed by atoms with E-state index in [0.717, 1.165) is 77.0 Å². The smallest absolute Gasteiger partial charge is 0.243 e. The SMILES string of the molecule is CCCCCCCCCCCCCCCCCCNC(=O)CN(Cc1cn(CCCCCCN2C[C@H](O)[C@@H](O)[C@H](O)[C@H]2CO)nn1)C(=O)CN(Cc1cn(CCCCCCN2C[C@H](O)[C@@H](O)[C@H](O)[C@H]2CO)nn1)C(=O)CN(Cc1cn(CCCCCCN2C[C@H](O)[C@@H](O)[C@H](O)[C@H]2CO)nn1)C(=O)CN(Cc1cn(CCCCCCN2C[C@H](O)[C@@H](O)[C@H](O)[C@H]2CO)nn1)C(C)=O. The molecular formula is C88H157N21O21. The first-order valence-electron chi connectivity index (χ1n) is 48.2. The molecule has 0 spiro atoms. The molecule has 42 nitrogen and oxygen atoms in total. The Balaban J connectivity index is 0.983. The minimum Gasteiger partial charge on any atom is -0.395 e. The number of aromatic nitrogens is 12. The van der Waals surface area contributed by atoms with E-state index >= 15 is 14.4 Å². The zero-order valence-corrected chi connectivity index (χ0v) is 77.0. The molecule has 4 fully saturated rings. The van der Waals surface area contributed by atoms with Gasteiger partial charge in [-0.1, -0.05) is 175 Å². The molecule has 0 aliphatic carbocycles. The predicted molar refractivity (Wildman–Crippen MR) is 476 cm³/mol. The van der Waals surface area contributed by atoms with Crippen LogP contribution in [0.1, 0.15) is 242 Å². The van der Waals surface area contributed by atoms with Gasteiger partial charge in [-0.3, -0.25) is 62.3 Å². The number of aryl methyl sites for hydroxylation is 4. The van der Waals surface area contributed by atoms with Gasteiger partial charge < -0.3 is 107 Å². The Morgan fingerprint density at radius 2 is 0.531 bits per heavy atom. The summed E-state index contributed by atoms with van der Waals surface area (Å²) in [5.74, 6) is -3.05. The number of unbranched alkanes of at least 4 members (excludes halogenated alkanes) is 27. The van der Waals surface area contributed by atoms with Crippen molar-refractivity contribution in [1.29, 1.82) is 0 Å². The number of β-amino-alcohol motifs (C(OH)–C–C–N with tert-alkyl or cyclic N) is 4. The van der Waals surface area contributed by atoms with E-state index in [0.29, 0.717) is 128 Å². The number of carbonyl (C=O) groups is 5. The lowest BCUT2D eigenvalue weighted by molar-refractivity contribution is -0.147. The van der Waals surface area contributed by atoms with Crippen LogP contribution >= 0.6 is 0 Å². The molecule has 4 aromatic rings. The number of hydrogen-bond acceptors (Lipinski definition) is 33. The van der Waals surface area contributed by atoms with Gasteiger partial charge in [0.15, 0.2) is 0 Å². The number of carbonyl (C=O) groups excluding carboxylic acids is 5. The zero-order valence-electron chi connectivity index (χ0n) is 77.0. The largest absolute Gasteiger partial charge is 0.395 e. The molecule has 4 aliphatic rings. The summed E-state index contributed by atoms with van der Waals surface area (Å²) in [4.78, 5) is 86.4. The molecule has 4 aromatic heterocycles. The van der Waals surface area contributed by atoms with E-state index in [1.54, 1.807) is 63.1 Å². The van der Waals surface area contributed by atoms with Gasteiger partial charge in [0.25, 0.3) is 0 Å². The number of amides is 5. The third-order valence-electron chi connectivity index (χ3n) is 26.1. The summed E-state index contributed by atoms with van der Waals surface area (Å²) in [6.45, 7) is 3.04. The predicted octanol–water partition coefficient (Wildman–Crippen LogP) is -1.86. The quantitative estimate of drug-likeness (QED) is 0.0216. The molecule has 740 valence electrons. The zero-order chi connectivity index (χ0) is 93.9. The average Bonchev–Trinajstić information content (AvgIpc) is 1.41. The molecule has 4 saturated heterocycles. The van der Waals surface area contributed by atoms with Crippen molar-refractivity contribution in [2.24, 2.45) is 0 Å². The maximum absolute atomic E-state index is 15.7. The van der Waals surface area contributed by atoms with Crippen LogP contribution in [0.3, 0.4) is 0 Å². The third kappa shape index (κ3) is 36.1. The third-order valence-corrected chi connectivity index (χ3v) is 26.1. The van der Waals surface area contributed by atoms with Gasteiger partial charge in [0.2, 0.25) is 29.5 Å². The van der Waals surface area contributed by atoms with Crippen molar-refractivity contribution in [2.45, 2.75) is 369 Å².